The van der Waals surface area contributed by atoms with Gasteiger partial charge in [0.25, 0.3) is 0 Å². The lowest BCUT2D eigenvalue weighted by atomic mass is 10.1. The number of amides is 1. The van der Waals surface area contributed by atoms with E-state index in [1.807, 2.05) is 43.3 Å². The van der Waals surface area contributed by atoms with Crippen molar-refractivity contribution in [1.82, 2.24) is 0 Å². The van der Waals surface area contributed by atoms with Crippen LogP contribution in [0.4, 0.5) is 5.69 Å². The largest absolute Gasteiger partial charge is 0.494 e. The molecule has 2 rings (SSSR count). The highest BCUT2D eigenvalue weighted by atomic mass is 16.5. The van der Waals surface area contributed by atoms with Gasteiger partial charge in [0.15, 0.2) is 0 Å². The van der Waals surface area contributed by atoms with Gasteiger partial charge in [-0.1, -0.05) is 25.5 Å². The molecule has 0 atom stereocenters. The Morgan fingerprint density at radius 3 is 2.20 bits per heavy atom. The lowest BCUT2D eigenvalue weighted by Gasteiger charge is -2.08. The summed E-state index contributed by atoms with van der Waals surface area (Å²) < 4.78 is 11.1. The molecule has 0 aliphatic heterocycles. The van der Waals surface area contributed by atoms with Crippen LogP contribution in [0.15, 0.2) is 48.5 Å². The second kappa shape index (κ2) is 10.4. The van der Waals surface area contributed by atoms with E-state index in [1.165, 1.54) is 5.56 Å². The van der Waals surface area contributed by atoms with Gasteiger partial charge in [-0.2, -0.15) is 0 Å². The lowest BCUT2D eigenvalue weighted by Crippen LogP contribution is -2.12. The first kappa shape index (κ1) is 18.8. The van der Waals surface area contributed by atoms with Crippen LogP contribution in [0.5, 0.6) is 11.5 Å². The third-order valence-electron chi connectivity index (χ3n) is 3.73. The maximum absolute atomic E-state index is 12.0. The van der Waals surface area contributed by atoms with Gasteiger partial charge in [0.05, 0.1) is 13.2 Å². The number of hydrogen-bond acceptors (Lipinski definition) is 3. The Morgan fingerprint density at radius 1 is 0.920 bits per heavy atom. The van der Waals surface area contributed by atoms with E-state index >= 15 is 0 Å². The predicted molar refractivity (Wildman–Crippen MR) is 101 cm³/mol. The van der Waals surface area contributed by atoms with E-state index in [0.717, 1.165) is 30.0 Å². The molecule has 2 aromatic rings. The maximum atomic E-state index is 12.0. The molecule has 1 N–H and O–H groups in total. The Kier molecular flexibility index (Phi) is 7.83. The summed E-state index contributed by atoms with van der Waals surface area (Å²) in [4.78, 5) is 12.0. The highest BCUT2D eigenvalue weighted by Gasteiger charge is 2.03. The van der Waals surface area contributed by atoms with Crippen LogP contribution in [0.1, 0.15) is 38.7 Å². The van der Waals surface area contributed by atoms with E-state index in [0.29, 0.717) is 26.1 Å². The molecule has 25 heavy (non-hydrogen) atoms. The Morgan fingerprint density at radius 2 is 1.56 bits per heavy atom. The fourth-order valence-corrected chi connectivity index (χ4v) is 2.49. The van der Waals surface area contributed by atoms with Gasteiger partial charge in [-0.15, -0.1) is 0 Å². The van der Waals surface area contributed by atoms with E-state index in [1.54, 1.807) is 0 Å². The van der Waals surface area contributed by atoms with Crippen molar-refractivity contribution in [3.63, 3.8) is 0 Å². The second-order valence-electron chi connectivity index (χ2n) is 5.85. The average molecular weight is 341 g/mol. The molecule has 0 saturated carbocycles. The molecule has 0 aliphatic rings. The lowest BCUT2D eigenvalue weighted by molar-refractivity contribution is -0.116. The van der Waals surface area contributed by atoms with Gasteiger partial charge >= 0.3 is 0 Å². The van der Waals surface area contributed by atoms with E-state index in [2.05, 4.69) is 24.4 Å². The van der Waals surface area contributed by atoms with Crippen LogP contribution in [0.25, 0.3) is 0 Å². The molecule has 1 amide bonds. The number of benzene rings is 2. The molecular weight excluding hydrogens is 314 g/mol. The topological polar surface area (TPSA) is 47.6 Å². The monoisotopic (exact) mass is 341 g/mol. The van der Waals surface area contributed by atoms with Crippen LogP contribution < -0.4 is 14.8 Å². The first-order chi connectivity index (χ1) is 12.2. The smallest absolute Gasteiger partial charge is 0.224 e. The van der Waals surface area contributed by atoms with Gasteiger partial charge in [0.1, 0.15) is 11.5 Å². The molecule has 134 valence electrons. The molecule has 4 nitrogen and oxygen atoms in total. The zero-order valence-electron chi connectivity index (χ0n) is 15.1. The standard InChI is InChI=1S/C21H27NO3/c1-3-6-17-8-12-20(13-9-17)25-16-5-7-21(23)22-18-10-14-19(15-11-18)24-4-2/h8-15H,3-7,16H2,1-2H3,(H,22,23). The van der Waals surface area contributed by atoms with Crippen molar-refractivity contribution in [2.75, 3.05) is 18.5 Å². The normalized spacial score (nSPS) is 10.3. The first-order valence-electron chi connectivity index (χ1n) is 8.95. The van der Waals surface area contributed by atoms with E-state index in [9.17, 15) is 4.79 Å². The minimum atomic E-state index is -0.00828. The van der Waals surface area contributed by atoms with Crippen LogP contribution in [0, 0.1) is 0 Å². The summed E-state index contributed by atoms with van der Waals surface area (Å²) in [5, 5.41) is 2.88. The number of anilines is 1. The molecule has 0 saturated heterocycles. The molecular formula is C21H27NO3. The SMILES string of the molecule is CCCc1ccc(OCCCC(=O)Nc2ccc(OCC)cc2)cc1. The summed E-state index contributed by atoms with van der Waals surface area (Å²) in [6, 6.07) is 15.6. The molecule has 2 aromatic carbocycles. The second-order valence-corrected chi connectivity index (χ2v) is 5.85. The Labute approximate surface area is 150 Å². The summed E-state index contributed by atoms with van der Waals surface area (Å²) in [5.41, 5.74) is 2.10. The fraction of sp³-hybridized carbons (Fsp3) is 0.381. The summed E-state index contributed by atoms with van der Waals surface area (Å²) in [6.45, 7) is 5.27. The highest BCUT2D eigenvalue weighted by Crippen LogP contribution is 2.16. The summed E-state index contributed by atoms with van der Waals surface area (Å²) >= 11 is 0. The quantitative estimate of drug-likeness (QED) is 0.629. The summed E-state index contributed by atoms with van der Waals surface area (Å²) in [7, 11) is 0. The molecule has 0 unspecified atom stereocenters. The van der Waals surface area contributed by atoms with Crippen LogP contribution in [0.2, 0.25) is 0 Å². The van der Waals surface area contributed by atoms with Gasteiger partial charge in [0.2, 0.25) is 5.91 Å². The number of aryl methyl sites for hydroxylation is 1. The number of ether oxygens (including phenoxy) is 2. The predicted octanol–water partition coefficient (Wildman–Crippen LogP) is 4.84. The minimum Gasteiger partial charge on any atom is -0.494 e. The first-order valence-corrected chi connectivity index (χ1v) is 8.95. The van der Waals surface area contributed by atoms with Crippen molar-refractivity contribution >= 4 is 11.6 Å². The number of nitrogens with one attached hydrogen (secondary N) is 1. The number of carbonyl (C=O) groups excluding carboxylic acids is 1. The summed E-state index contributed by atoms with van der Waals surface area (Å²) in [6.07, 6.45) is 3.34. The molecule has 0 bridgehead atoms. The van der Waals surface area contributed by atoms with E-state index < -0.39 is 0 Å². The Hall–Kier alpha value is -2.49. The van der Waals surface area contributed by atoms with Crippen molar-refractivity contribution < 1.29 is 14.3 Å². The number of hydrogen-bond donors (Lipinski definition) is 1. The van der Waals surface area contributed by atoms with Crippen LogP contribution in [0.3, 0.4) is 0 Å². The van der Waals surface area contributed by atoms with Crippen molar-refractivity contribution in [2.24, 2.45) is 0 Å². The van der Waals surface area contributed by atoms with Gasteiger partial charge in [-0.05, 0) is 61.7 Å². The maximum Gasteiger partial charge on any atom is 0.224 e. The van der Waals surface area contributed by atoms with E-state index in [-0.39, 0.29) is 5.91 Å². The third-order valence-corrected chi connectivity index (χ3v) is 3.73. The summed E-state index contributed by atoms with van der Waals surface area (Å²) in [5.74, 6) is 1.65. The molecule has 0 fully saturated rings. The molecule has 0 aromatic heterocycles. The Bertz CT molecular complexity index is 635. The molecule has 0 spiro atoms. The Balaban J connectivity index is 1.66. The van der Waals surface area contributed by atoms with Crippen molar-refractivity contribution in [3.05, 3.63) is 54.1 Å². The third kappa shape index (κ3) is 6.87. The van der Waals surface area contributed by atoms with Crippen LogP contribution in [-0.4, -0.2) is 19.1 Å². The van der Waals surface area contributed by atoms with Crippen molar-refractivity contribution in [3.8, 4) is 11.5 Å². The van der Waals surface area contributed by atoms with Crippen LogP contribution >= 0.6 is 0 Å². The number of carbonyl (C=O) groups is 1. The minimum absolute atomic E-state index is 0.00828. The molecule has 0 aliphatic carbocycles. The van der Waals surface area contributed by atoms with Crippen molar-refractivity contribution in [1.29, 1.82) is 0 Å². The fourth-order valence-electron chi connectivity index (χ4n) is 2.49. The van der Waals surface area contributed by atoms with Gasteiger partial charge in [-0.25, -0.2) is 0 Å². The van der Waals surface area contributed by atoms with Crippen LogP contribution in [-0.2, 0) is 11.2 Å². The van der Waals surface area contributed by atoms with Gasteiger partial charge in [-0.3, -0.25) is 4.79 Å². The number of rotatable bonds is 10. The van der Waals surface area contributed by atoms with E-state index in [4.69, 9.17) is 9.47 Å². The average Bonchev–Trinajstić information content (AvgIpc) is 2.62. The van der Waals surface area contributed by atoms with Crippen molar-refractivity contribution in [2.45, 2.75) is 39.5 Å². The van der Waals surface area contributed by atoms with Gasteiger partial charge in [0, 0.05) is 12.1 Å². The molecule has 0 heterocycles. The molecule has 0 radical (unpaired) electrons. The molecule has 4 heteroatoms. The zero-order chi connectivity index (χ0) is 17.9. The zero-order valence-corrected chi connectivity index (χ0v) is 15.1. The highest BCUT2D eigenvalue weighted by molar-refractivity contribution is 5.90. The van der Waals surface area contributed by atoms with Gasteiger partial charge < -0.3 is 14.8 Å².